The van der Waals surface area contributed by atoms with E-state index in [2.05, 4.69) is 21.2 Å². The lowest BCUT2D eigenvalue weighted by Gasteiger charge is -2.36. The molecule has 6 nitrogen and oxygen atoms in total. The number of hydrogen-bond donors (Lipinski definition) is 2. The summed E-state index contributed by atoms with van der Waals surface area (Å²) in [6.07, 6.45) is 0. The van der Waals surface area contributed by atoms with Gasteiger partial charge in [0, 0.05) is 45.0 Å². The van der Waals surface area contributed by atoms with Crippen LogP contribution >= 0.6 is 0 Å². The quantitative estimate of drug-likeness (QED) is 0.796. The van der Waals surface area contributed by atoms with E-state index in [1.807, 2.05) is 36.4 Å². The molecule has 1 aliphatic rings. The van der Waals surface area contributed by atoms with E-state index >= 15 is 0 Å². The average molecular weight is 354 g/mol. The standard InChI is InChI=1S/C20H26N4O2/c1-26-19-9-5-4-8-18(19)24-14-12-23(13-15-24)11-10-22-17-7-3-2-6-16(17)20(21)25/h2-9,22H,10-15H2,1H3,(H2,21,25). The Morgan fingerprint density at radius 2 is 1.77 bits per heavy atom. The third kappa shape index (κ3) is 4.26. The Kier molecular flexibility index (Phi) is 5.96. The Hall–Kier alpha value is -2.73. The predicted molar refractivity (Wildman–Crippen MR) is 105 cm³/mol. The summed E-state index contributed by atoms with van der Waals surface area (Å²) < 4.78 is 5.47. The zero-order valence-electron chi connectivity index (χ0n) is 15.1. The van der Waals surface area contributed by atoms with Crippen LogP contribution in [0.2, 0.25) is 0 Å². The molecule has 1 amide bonds. The molecule has 26 heavy (non-hydrogen) atoms. The zero-order chi connectivity index (χ0) is 18.4. The number of carbonyl (C=O) groups is 1. The molecule has 1 aliphatic heterocycles. The zero-order valence-corrected chi connectivity index (χ0v) is 15.1. The van der Waals surface area contributed by atoms with Gasteiger partial charge in [0.2, 0.25) is 0 Å². The molecule has 3 rings (SSSR count). The van der Waals surface area contributed by atoms with Crippen LogP contribution in [0.4, 0.5) is 11.4 Å². The summed E-state index contributed by atoms with van der Waals surface area (Å²) in [5, 5.41) is 3.33. The van der Waals surface area contributed by atoms with Crippen LogP contribution in [0.3, 0.4) is 0 Å². The topological polar surface area (TPSA) is 70.8 Å². The number of anilines is 2. The summed E-state index contributed by atoms with van der Waals surface area (Å²) in [6, 6.07) is 15.5. The summed E-state index contributed by atoms with van der Waals surface area (Å²) in [5.74, 6) is 0.518. The predicted octanol–water partition coefficient (Wildman–Crippen LogP) is 2.03. The maximum absolute atomic E-state index is 11.5. The number of rotatable bonds is 7. The molecule has 1 saturated heterocycles. The summed E-state index contributed by atoms with van der Waals surface area (Å²) >= 11 is 0. The largest absolute Gasteiger partial charge is 0.495 e. The second kappa shape index (κ2) is 8.58. The Bertz CT molecular complexity index is 742. The van der Waals surface area contributed by atoms with E-state index < -0.39 is 5.91 Å². The van der Waals surface area contributed by atoms with Crippen LogP contribution < -0.4 is 20.7 Å². The van der Waals surface area contributed by atoms with E-state index in [1.165, 1.54) is 0 Å². The molecule has 138 valence electrons. The highest BCUT2D eigenvalue weighted by Crippen LogP contribution is 2.28. The van der Waals surface area contributed by atoms with Crippen molar-refractivity contribution in [2.75, 3.05) is 56.6 Å². The van der Waals surface area contributed by atoms with Crippen LogP contribution in [-0.4, -0.2) is 57.2 Å². The first-order valence-corrected chi connectivity index (χ1v) is 8.92. The number of hydrogen-bond acceptors (Lipinski definition) is 5. The third-order valence-corrected chi connectivity index (χ3v) is 4.73. The molecule has 6 heteroatoms. The summed E-state index contributed by atoms with van der Waals surface area (Å²) in [4.78, 5) is 16.3. The minimum atomic E-state index is -0.404. The first-order valence-electron chi connectivity index (χ1n) is 8.92. The number of methoxy groups -OCH3 is 1. The van der Waals surface area contributed by atoms with Crippen molar-refractivity contribution in [2.24, 2.45) is 5.73 Å². The van der Waals surface area contributed by atoms with Crippen molar-refractivity contribution in [2.45, 2.75) is 0 Å². The van der Waals surface area contributed by atoms with E-state index in [0.717, 1.165) is 56.4 Å². The summed E-state index contributed by atoms with van der Waals surface area (Å²) in [5.41, 5.74) is 7.91. The van der Waals surface area contributed by atoms with Crippen molar-refractivity contribution >= 4 is 17.3 Å². The molecule has 1 heterocycles. The SMILES string of the molecule is COc1ccccc1N1CCN(CCNc2ccccc2C(N)=O)CC1. The van der Waals surface area contributed by atoms with Gasteiger partial charge in [0.1, 0.15) is 5.75 Å². The highest BCUT2D eigenvalue weighted by atomic mass is 16.5. The number of ether oxygens (including phenoxy) is 1. The molecule has 2 aromatic carbocycles. The van der Waals surface area contributed by atoms with Gasteiger partial charge < -0.3 is 20.7 Å². The monoisotopic (exact) mass is 354 g/mol. The Labute approximate surface area is 154 Å². The number of amides is 1. The van der Waals surface area contributed by atoms with Crippen LogP contribution in [0.1, 0.15) is 10.4 Å². The van der Waals surface area contributed by atoms with Crippen LogP contribution in [0.5, 0.6) is 5.75 Å². The number of piperazine rings is 1. The summed E-state index contributed by atoms with van der Waals surface area (Å²) in [7, 11) is 1.71. The van der Waals surface area contributed by atoms with Gasteiger partial charge in [-0.25, -0.2) is 0 Å². The average Bonchev–Trinajstić information content (AvgIpc) is 2.69. The molecule has 0 atom stereocenters. The molecule has 3 N–H and O–H groups in total. The molecule has 0 aliphatic carbocycles. The number of nitrogens with one attached hydrogen (secondary N) is 1. The first-order chi connectivity index (χ1) is 12.7. The molecular weight excluding hydrogens is 328 g/mol. The second-order valence-corrected chi connectivity index (χ2v) is 6.34. The number of para-hydroxylation sites is 3. The Morgan fingerprint density at radius 3 is 2.50 bits per heavy atom. The molecule has 0 aromatic heterocycles. The van der Waals surface area contributed by atoms with E-state index in [9.17, 15) is 4.79 Å². The van der Waals surface area contributed by atoms with Gasteiger partial charge in [0.15, 0.2) is 0 Å². The van der Waals surface area contributed by atoms with E-state index in [0.29, 0.717) is 5.56 Å². The van der Waals surface area contributed by atoms with Crippen LogP contribution in [0.15, 0.2) is 48.5 Å². The number of benzene rings is 2. The number of nitrogens with two attached hydrogens (primary N) is 1. The fourth-order valence-electron chi connectivity index (χ4n) is 3.30. The van der Waals surface area contributed by atoms with Gasteiger partial charge in [0.25, 0.3) is 5.91 Å². The molecule has 0 saturated carbocycles. The molecule has 2 aromatic rings. The van der Waals surface area contributed by atoms with Crippen molar-refractivity contribution < 1.29 is 9.53 Å². The van der Waals surface area contributed by atoms with Gasteiger partial charge in [0.05, 0.1) is 18.4 Å². The molecule has 0 bridgehead atoms. The van der Waals surface area contributed by atoms with Crippen molar-refractivity contribution in [3.8, 4) is 5.75 Å². The molecule has 0 unspecified atom stereocenters. The molecule has 0 radical (unpaired) electrons. The highest BCUT2D eigenvalue weighted by molar-refractivity contribution is 5.98. The first kappa shape index (κ1) is 18.1. The van der Waals surface area contributed by atoms with Crippen LogP contribution in [0.25, 0.3) is 0 Å². The van der Waals surface area contributed by atoms with Gasteiger partial charge in [-0.3, -0.25) is 9.69 Å². The lowest BCUT2D eigenvalue weighted by Crippen LogP contribution is -2.47. The minimum absolute atomic E-state index is 0.404. The fraction of sp³-hybridized carbons (Fsp3) is 0.350. The van der Waals surface area contributed by atoms with Gasteiger partial charge in [-0.15, -0.1) is 0 Å². The number of carbonyl (C=O) groups excluding carboxylic acids is 1. The summed E-state index contributed by atoms with van der Waals surface area (Å²) in [6.45, 7) is 5.64. The van der Waals surface area contributed by atoms with Crippen molar-refractivity contribution in [1.82, 2.24) is 4.90 Å². The van der Waals surface area contributed by atoms with Crippen molar-refractivity contribution in [3.05, 3.63) is 54.1 Å². The smallest absolute Gasteiger partial charge is 0.250 e. The minimum Gasteiger partial charge on any atom is -0.495 e. The normalized spacial score (nSPS) is 14.9. The van der Waals surface area contributed by atoms with Crippen molar-refractivity contribution in [3.63, 3.8) is 0 Å². The second-order valence-electron chi connectivity index (χ2n) is 6.34. The molecular formula is C20H26N4O2. The van der Waals surface area contributed by atoms with E-state index in [1.54, 1.807) is 13.2 Å². The fourth-order valence-corrected chi connectivity index (χ4v) is 3.30. The van der Waals surface area contributed by atoms with Gasteiger partial charge in [-0.2, -0.15) is 0 Å². The molecule has 0 spiro atoms. The van der Waals surface area contributed by atoms with Gasteiger partial charge >= 0.3 is 0 Å². The van der Waals surface area contributed by atoms with Crippen LogP contribution in [-0.2, 0) is 0 Å². The highest BCUT2D eigenvalue weighted by Gasteiger charge is 2.19. The Morgan fingerprint density at radius 1 is 1.08 bits per heavy atom. The van der Waals surface area contributed by atoms with Gasteiger partial charge in [-0.1, -0.05) is 24.3 Å². The van der Waals surface area contributed by atoms with Gasteiger partial charge in [-0.05, 0) is 24.3 Å². The third-order valence-electron chi connectivity index (χ3n) is 4.73. The van der Waals surface area contributed by atoms with E-state index in [-0.39, 0.29) is 0 Å². The molecule has 1 fully saturated rings. The van der Waals surface area contributed by atoms with E-state index in [4.69, 9.17) is 10.5 Å². The van der Waals surface area contributed by atoms with Crippen molar-refractivity contribution in [1.29, 1.82) is 0 Å². The maximum atomic E-state index is 11.5. The maximum Gasteiger partial charge on any atom is 0.250 e. The lowest BCUT2D eigenvalue weighted by molar-refractivity contribution is 0.100. The number of primary amides is 1. The van der Waals surface area contributed by atoms with Crippen LogP contribution in [0, 0.1) is 0 Å². The Balaban J connectivity index is 1.48. The lowest BCUT2D eigenvalue weighted by atomic mass is 10.1. The number of nitrogens with zero attached hydrogens (tertiary/aromatic N) is 2.